The Morgan fingerprint density at radius 1 is 1.15 bits per heavy atom. The molecule has 1 N–H and O–H groups in total. The summed E-state index contributed by atoms with van der Waals surface area (Å²) in [5.74, 6) is 0. The fourth-order valence-corrected chi connectivity index (χ4v) is 2.85. The number of anilines is 1. The predicted molar refractivity (Wildman–Crippen MR) is 80.8 cm³/mol. The molecule has 3 heteroatoms. The Bertz CT molecular complexity index is 556. The van der Waals surface area contributed by atoms with Gasteiger partial charge in [0.25, 0.3) is 0 Å². The van der Waals surface area contributed by atoms with E-state index in [0.717, 1.165) is 37.9 Å². The Morgan fingerprint density at radius 2 is 1.95 bits per heavy atom. The lowest BCUT2D eigenvalue weighted by Crippen LogP contribution is -2.26. The van der Waals surface area contributed by atoms with E-state index in [1.807, 2.05) is 24.5 Å². The Balaban J connectivity index is 1.77. The van der Waals surface area contributed by atoms with Gasteiger partial charge in [-0.15, -0.1) is 0 Å². The van der Waals surface area contributed by atoms with Crippen molar-refractivity contribution in [3.8, 4) is 0 Å². The molecular formula is C17H20N2O. The van der Waals surface area contributed by atoms with Crippen LogP contribution in [0.1, 0.15) is 30.1 Å². The van der Waals surface area contributed by atoms with Gasteiger partial charge < -0.3 is 10.0 Å². The zero-order valence-electron chi connectivity index (χ0n) is 11.6. The molecule has 2 aromatic rings. The molecule has 2 heterocycles. The van der Waals surface area contributed by atoms with E-state index in [9.17, 15) is 5.11 Å². The van der Waals surface area contributed by atoms with E-state index in [1.165, 1.54) is 11.3 Å². The molecule has 0 spiro atoms. The molecule has 20 heavy (non-hydrogen) atoms. The molecular weight excluding hydrogens is 248 g/mol. The molecule has 0 saturated heterocycles. The Morgan fingerprint density at radius 3 is 2.80 bits per heavy atom. The van der Waals surface area contributed by atoms with Gasteiger partial charge in [-0.05, 0) is 43.0 Å². The molecule has 1 unspecified atom stereocenters. The van der Waals surface area contributed by atoms with Crippen LogP contribution in [0.5, 0.6) is 0 Å². The first-order chi connectivity index (χ1) is 9.84. The van der Waals surface area contributed by atoms with Crippen LogP contribution in [0, 0.1) is 0 Å². The van der Waals surface area contributed by atoms with Gasteiger partial charge in [0.15, 0.2) is 0 Å². The maximum atomic E-state index is 10.2. The zero-order chi connectivity index (χ0) is 13.8. The summed E-state index contributed by atoms with van der Waals surface area (Å²) in [6.45, 7) is 1.99. The number of para-hydroxylation sites is 1. The SMILES string of the molecule is OC1CCCN(CCc2ccncc2)c2ccccc21. The molecule has 0 amide bonds. The van der Waals surface area contributed by atoms with Crippen LogP contribution >= 0.6 is 0 Å². The predicted octanol–water partition coefficient (Wildman–Crippen LogP) is 2.96. The highest BCUT2D eigenvalue weighted by Crippen LogP contribution is 2.32. The van der Waals surface area contributed by atoms with Crippen molar-refractivity contribution in [2.75, 3.05) is 18.0 Å². The maximum Gasteiger partial charge on any atom is 0.0810 e. The number of rotatable bonds is 3. The molecule has 1 atom stereocenters. The lowest BCUT2D eigenvalue weighted by molar-refractivity contribution is 0.168. The number of aliphatic hydroxyl groups is 1. The summed E-state index contributed by atoms with van der Waals surface area (Å²) in [7, 11) is 0. The van der Waals surface area contributed by atoms with Gasteiger partial charge in [0, 0.05) is 36.7 Å². The quantitative estimate of drug-likeness (QED) is 0.929. The lowest BCUT2D eigenvalue weighted by atomic mass is 10.0. The van der Waals surface area contributed by atoms with Crippen LogP contribution in [0.3, 0.4) is 0 Å². The molecule has 0 saturated carbocycles. The second-order valence-electron chi connectivity index (χ2n) is 5.31. The molecule has 1 aliphatic heterocycles. The third-order valence-corrected chi connectivity index (χ3v) is 3.96. The van der Waals surface area contributed by atoms with Gasteiger partial charge in [0.2, 0.25) is 0 Å². The van der Waals surface area contributed by atoms with Crippen molar-refractivity contribution < 1.29 is 5.11 Å². The van der Waals surface area contributed by atoms with Gasteiger partial charge in [0.1, 0.15) is 0 Å². The standard InChI is InChI=1S/C17H20N2O/c20-17-6-3-12-19(16-5-2-1-4-15(16)17)13-9-14-7-10-18-11-8-14/h1-2,4-5,7-8,10-11,17,20H,3,6,9,12-13H2. The first kappa shape index (κ1) is 13.1. The summed E-state index contributed by atoms with van der Waals surface area (Å²) in [6.07, 6.45) is 6.25. The van der Waals surface area contributed by atoms with E-state index in [0.29, 0.717) is 0 Å². The topological polar surface area (TPSA) is 36.4 Å². The van der Waals surface area contributed by atoms with Crippen LogP contribution in [0.25, 0.3) is 0 Å². The van der Waals surface area contributed by atoms with Crippen LogP contribution in [0.15, 0.2) is 48.8 Å². The van der Waals surface area contributed by atoms with Gasteiger partial charge in [-0.3, -0.25) is 4.98 Å². The van der Waals surface area contributed by atoms with E-state index in [4.69, 9.17) is 0 Å². The maximum absolute atomic E-state index is 10.2. The molecule has 0 radical (unpaired) electrons. The molecule has 104 valence electrons. The van der Waals surface area contributed by atoms with Crippen molar-refractivity contribution in [3.63, 3.8) is 0 Å². The smallest absolute Gasteiger partial charge is 0.0810 e. The minimum absolute atomic E-state index is 0.322. The Labute approximate surface area is 119 Å². The van der Waals surface area contributed by atoms with Crippen molar-refractivity contribution in [1.29, 1.82) is 0 Å². The average Bonchev–Trinajstić information content (AvgIpc) is 2.66. The number of aliphatic hydroxyl groups excluding tert-OH is 1. The van der Waals surface area contributed by atoms with E-state index in [2.05, 4.69) is 34.1 Å². The normalized spacial score (nSPS) is 18.4. The summed E-state index contributed by atoms with van der Waals surface area (Å²) >= 11 is 0. The van der Waals surface area contributed by atoms with Gasteiger partial charge in [-0.1, -0.05) is 18.2 Å². The summed E-state index contributed by atoms with van der Waals surface area (Å²) in [6, 6.07) is 12.4. The number of aromatic nitrogens is 1. The third-order valence-electron chi connectivity index (χ3n) is 3.96. The zero-order valence-corrected chi connectivity index (χ0v) is 11.6. The summed E-state index contributed by atoms with van der Waals surface area (Å²) in [5, 5.41) is 10.2. The van der Waals surface area contributed by atoms with Crippen molar-refractivity contribution in [2.45, 2.75) is 25.4 Å². The molecule has 3 nitrogen and oxygen atoms in total. The minimum Gasteiger partial charge on any atom is -0.388 e. The fourth-order valence-electron chi connectivity index (χ4n) is 2.85. The Hall–Kier alpha value is -1.87. The second-order valence-corrected chi connectivity index (χ2v) is 5.31. The highest BCUT2D eigenvalue weighted by Gasteiger charge is 2.20. The van der Waals surface area contributed by atoms with Crippen molar-refractivity contribution in [2.24, 2.45) is 0 Å². The summed E-state index contributed by atoms with van der Waals surface area (Å²) in [5.41, 5.74) is 3.56. The van der Waals surface area contributed by atoms with Crippen LogP contribution in [-0.2, 0) is 6.42 Å². The van der Waals surface area contributed by atoms with Gasteiger partial charge >= 0.3 is 0 Å². The second kappa shape index (κ2) is 6.06. The first-order valence-corrected chi connectivity index (χ1v) is 7.25. The number of hydrogen-bond acceptors (Lipinski definition) is 3. The summed E-state index contributed by atoms with van der Waals surface area (Å²) < 4.78 is 0. The molecule has 0 aliphatic carbocycles. The number of pyridine rings is 1. The highest BCUT2D eigenvalue weighted by molar-refractivity contribution is 5.55. The lowest BCUT2D eigenvalue weighted by Gasteiger charge is -2.25. The Kier molecular flexibility index (Phi) is 3.97. The van der Waals surface area contributed by atoms with E-state index < -0.39 is 0 Å². The summed E-state index contributed by atoms with van der Waals surface area (Å²) in [4.78, 5) is 6.45. The molecule has 0 fully saturated rings. The molecule has 1 aromatic heterocycles. The van der Waals surface area contributed by atoms with E-state index in [1.54, 1.807) is 0 Å². The van der Waals surface area contributed by atoms with Crippen LogP contribution in [0.2, 0.25) is 0 Å². The van der Waals surface area contributed by atoms with Crippen molar-refractivity contribution in [3.05, 3.63) is 59.9 Å². The highest BCUT2D eigenvalue weighted by atomic mass is 16.3. The number of benzene rings is 1. The minimum atomic E-state index is -0.322. The van der Waals surface area contributed by atoms with Gasteiger partial charge in [-0.2, -0.15) is 0 Å². The fraction of sp³-hybridized carbons (Fsp3) is 0.353. The van der Waals surface area contributed by atoms with E-state index in [-0.39, 0.29) is 6.10 Å². The molecule has 3 rings (SSSR count). The van der Waals surface area contributed by atoms with Crippen LogP contribution in [0.4, 0.5) is 5.69 Å². The van der Waals surface area contributed by atoms with Crippen LogP contribution < -0.4 is 4.90 Å². The van der Waals surface area contributed by atoms with Crippen molar-refractivity contribution >= 4 is 5.69 Å². The van der Waals surface area contributed by atoms with E-state index >= 15 is 0 Å². The first-order valence-electron chi connectivity index (χ1n) is 7.25. The number of fused-ring (bicyclic) bond motifs is 1. The third kappa shape index (κ3) is 2.83. The van der Waals surface area contributed by atoms with Crippen molar-refractivity contribution in [1.82, 2.24) is 4.98 Å². The largest absolute Gasteiger partial charge is 0.388 e. The average molecular weight is 268 g/mol. The van der Waals surface area contributed by atoms with Gasteiger partial charge in [0.05, 0.1) is 6.10 Å². The number of nitrogens with zero attached hydrogens (tertiary/aromatic N) is 2. The van der Waals surface area contributed by atoms with Crippen LogP contribution in [-0.4, -0.2) is 23.2 Å². The monoisotopic (exact) mass is 268 g/mol. The van der Waals surface area contributed by atoms with Gasteiger partial charge in [-0.25, -0.2) is 0 Å². The molecule has 1 aromatic carbocycles. The molecule has 1 aliphatic rings. The number of hydrogen-bond donors (Lipinski definition) is 1. The molecule has 0 bridgehead atoms.